The van der Waals surface area contributed by atoms with E-state index >= 15 is 0 Å². The van der Waals surface area contributed by atoms with E-state index in [1.807, 2.05) is 55.4 Å². The highest BCUT2D eigenvalue weighted by atomic mass is 14.2. The average molecular weight is 505 g/mol. The lowest BCUT2D eigenvalue weighted by atomic mass is 9.87. The van der Waals surface area contributed by atoms with Crippen LogP contribution in [0.1, 0.15) is 55.4 Å². The molecule has 0 bridgehead atoms. The van der Waals surface area contributed by atoms with Gasteiger partial charge in [0.15, 0.2) is 0 Å². The molecule has 0 amide bonds. The molecule has 0 fully saturated rings. The topological polar surface area (TPSA) is 0 Å². The van der Waals surface area contributed by atoms with E-state index in [1.54, 1.807) is 0 Å². The van der Waals surface area contributed by atoms with Gasteiger partial charge in [0.25, 0.3) is 0 Å². The number of hydrogen-bond acceptors (Lipinski definition) is 0. The summed E-state index contributed by atoms with van der Waals surface area (Å²) in [6.45, 7) is 28.0. The molecule has 0 saturated carbocycles. The predicted octanol–water partition coefficient (Wildman–Crippen LogP) is 13.2. The summed E-state index contributed by atoms with van der Waals surface area (Å²) in [6.07, 6.45) is 0. The van der Waals surface area contributed by atoms with Crippen molar-refractivity contribution >= 4 is 53.9 Å². The highest BCUT2D eigenvalue weighted by molar-refractivity contribution is 6.39. The van der Waals surface area contributed by atoms with Crippen LogP contribution in [0, 0.1) is 0 Å². The molecule has 0 radical (unpaired) electrons. The Bertz CT molecular complexity index is 1280. The van der Waals surface area contributed by atoms with Crippen molar-refractivity contribution in [2.24, 2.45) is 0 Å². The van der Waals surface area contributed by atoms with Crippen LogP contribution in [0.4, 0.5) is 0 Å². The quantitative estimate of drug-likeness (QED) is 0.142. The van der Waals surface area contributed by atoms with E-state index in [0.29, 0.717) is 0 Å². The van der Waals surface area contributed by atoms with E-state index in [4.69, 9.17) is 0 Å². The van der Waals surface area contributed by atoms with E-state index in [-0.39, 0.29) is 0 Å². The van der Waals surface area contributed by atoms with Crippen LogP contribution in [0.2, 0.25) is 0 Å². The van der Waals surface area contributed by atoms with Crippen molar-refractivity contribution in [3.63, 3.8) is 0 Å². The molecular weight excluding hydrogens is 456 g/mol. The summed E-state index contributed by atoms with van der Waals surface area (Å²) in [5.74, 6) is 0. The van der Waals surface area contributed by atoms with Crippen molar-refractivity contribution in [2.75, 3.05) is 0 Å². The van der Waals surface area contributed by atoms with Gasteiger partial charge in [0.2, 0.25) is 0 Å². The molecule has 0 unspecified atom stereocenters. The second-order valence-electron chi connectivity index (χ2n) is 6.93. The molecule has 6 aromatic rings. The Morgan fingerprint density at radius 1 is 0.263 bits per heavy atom. The van der Waals surface area contributed by atoms with Crippen LogP contribution in [0.15, 0.2) is 123 Å². The van der Waals surface area contributed by atoms with Crippen LogP contribution in [-0.2, 0) is 0 Å². The first-order chi connectivity index (χ1) is 18.9. The maximum Gasteiger partial charge on any atom is -0.00139 e. The normalized spacial score (nSPS) is 8.95. The molecule has 0 nitrogen and oxygen atoms in total. The highest BCUT2D eigenvalue weighted by Crippen LogP contribution is 2.43. The molecule has 0 aliphatic heterocycles. The second kappa shape index (κ2) is 19.2. The van der Waals surface area contributed by atoms with E-state index in [9.17, 15) is 0 Å². The van der Waals surface area contributed by atoms with Gasteiger partial charge in [-0.1, -0.05) is 152 Å². The Morgan fingerprint density at radius 3 is 0.553 bits per heavy atom. The van der Waals surface area contributed by atoms with Crippen molar-refractivity contribution in [3.05, 3.63) is 123 Å². The van der Waals surface area contributed by atoms with Crippen LogP contribution < -0.4 is 0 Å². The Kier molecular flexibility index (Phi) is 17.3. The Balaban J connectivity index is 0.00000102. The molecule has 0 aliphatic rings. The fraction of sp³-hybridized carbons (Fsp3) is 0.211. The summed E-state index contributed by atoms with van der Waals surface area (Å²) in [5, 5.41) is 13.4. The maximum absolute atomic E-state index is 3.00. The largest absolute Gasteiger partial charge is 0.106 e. The molecule has 0 atom stereocenters. The van der Waals surface area contributed by atoms with Gasteiger partial charge >= 0.3 is 0 Å². The second-order valence-corrected chi connectivity index (χ2v) is 6.93. The Hall–Kier alpha value is -3.90. The van der Waals surface area contributed by atoms with Crippen LogP contribution >= 0.6 is 0 Å². The fourth-order valence-electron chi connectivity index (χ4n) is 4.57. The molecule has 0 heterocycles. The van der Waals surface area contributed by atoms with Gasteiger partial charge in [0.05, 0.1) is 0 Å². The third-order valence-electron chi connectivity index (χ3n) is 5.62. The standard InChI is InChI=1S/C26H16.4C2H6.2C2H4/c1-5-13-21-17(9-1)18-10-2-6-14-22(18)26-24-16-8-4-12-20(24)19-11-3-7-15-23(19)25(21)26;6*1-2/h1-16H;4*1-2H3;2*1-2H2. The minimum Gasteiger partial charge on any atom is -0.106 e. The van der Waals surface area contributed by atoms with Crippen molar-refractivity contribution in [3.8, 4) is 0 Å². The average Bonchev–Trinajstić information content (AvgIpc) is 3.06. The third kappa shape index (κ3) is 6.69. The van der Waals surface area contributed by atoms with Crippen LogP contribution in [0.3, 0.4) is 0 Å². The van der Waals surface area contributed by atoms with Gasteiger partial charge in [0.1, 0.15) is 0 Å². The molecule has 0 spiro atoms. The lowest BCUT2D eigenvalue weighted by Crippen LogP contribution is -1.87. The smallest absolute Gasteiger partial charge is 0.00139 e. The zero-order valence-corrected chi connectivity index (χ0v) is 25.1. The van der Waals surface area contributed by atoms with Gasteiger partial charge in [-0.25, -0.2) is 0 Å². The molecule has 6 aromatic carbocycles. The first-order valence-electron chi connectivity index (χ1n) is 14.1. The summed E-state index contributed by atoms with van der Waals surface area (Å²) < 4.78 is 0. The van der Waals surface area contributed by atoms with Gasteiger partial charge < -0.3 is 0 Å². The highest BCUT2D eigenvalue weighted by Gasteiger charge is 2.14. The number of rotatable bonds is 0. The first-order valence-corrected chi connectivity index (χ1v) is 14.1. The number of benzene rings is 6. The first kappa shape index (κ1) is 34.1. The molecule has 38 heavy (non-hydrogen) atoms. The third-order valence-corrected chi connectivity index (χ3v) is 5.62. The molecule has 0 saturated heterocycles. The van der Waals surface area contributed by atoms with Crippen LogP contribution in [-0.4, -0.2) is 0 Å². The summed E-state index contributed by atoms with van der Waals surface area (Å²) >= 11 is 0. The van der Waals surface area contributed by atoms with E-state index < -0.39 is 0 Å². The van der Waals surface area contributed by atoms with Crippen molar-refractivity contribution in [1.29, 1.82) is 0 Å². The zero-order chi connectivity index (χ0) is 29.1. The van der Waals surface area contributed by atoms with Crippen molar-refractivity contribution in [2.45, 2.75) is 55.4 Å². The SMILES string of the molecule is C=C.C=C.CC.CC.CC.CC.c1ccc2c(c1)c1ccccc1c1c3ccccc3c3ccccc3c21. The molecule has 0 N–H and O–H groups in total. The number of hydrogen-bond donors (Lipinski definition) is 0. The Morgan fingerprint density at radius 2 is 0.395 bits per heavy atom. The van der Waals surface area contributed by atoms with Gasteiger partial charge in [-0.3, -0.25) is 0 Å². The molecule has 0 aliphatic carbocycles. The van der Waals surface area contributed by atoms with E-state index in [2.05, 4.69) is 123 Å². The van der Waals surface area contributed by atoms with Gasteiger partial charge in [0, 0.05) is 0 Å². The molecule has 6 rings (SSSR count). The molecule has 0 heteroatoms. The summed E-state index contributed by atoms with van der Waals surface area (Å²) in [7, 11) is 0. The van der Waals surface area contributed by atoms with Gasteiger partial charge in [-0.15, -0.1) is 26.3 Å². The summed E-state index contributed by atoms with van der Waals surface area (Å²) in [6, 6.07) is 35.3. The predicted molar refractivity (Wildman–Crippen MR) is 182 cm³/mol. The van der Waals surface area contributed by atoms with Gasteiger partial charge in [-0.05, 0) is 53.9 Å². The van der Waals surface area contributed by atoms with Crippen molar-refractivity contribution < 1.29 is 0 Å². The molecule has 0 aromatic heterocycles. The lowest BCUT2D eigenvalue weighted by Gasteiger charge is -2.16. The Labute approximate surface area is 232 Å². The van der Waals surface area contributed by atoms with Crippen LogP contribution in [0.5, 0.6) is 0 Å². The minimum atomic E-state index is 1.33. The monoisotopic (exact) mass is 504 g/mol. The van der Waals surface area contributed by atoms with Crippen LogP contribution in [0.25, 0.3) is 53.9 Å². The minimum absolute atomic E-state index is 1.33. The molecular formula is C38H48. The maximum atomic E-state index is 3.00. The molecule has 200 valence electrons. The van der Waals surface area contributed by atoms with E-state index in [1.165, 1.54) is 53.9 Å². The summed E-state index contributed by atoms with van der Waals surface area (Å²) in [4.78, 5) is 0. The summed E-state index contributed by atoms with van der Waals surface area (Å²) in [5.41, 5.74) is 0. The fourth-order valence-corrected chi connectivity index (χ4v) is 4.57. The number of fused-ring (bicyclic) bond motifs is 11. The van der Waals surface area contributed by atoms with Crippen molar-refractivity contribution in [1.82, 2.24) is 0 Å². The van der Waals surface area contributed by atoms with E-state index in [0.717, 1.165) is 0 Å². The zero-order valence-electron chi connectivity index (χ0n) is 25.1. The van der Waals surface area contributed by atoms with Gasteiger partial charge in [-0.2, -0.15) is 0 Å². The lowest BCUT2D eigenvalue weighted by molar-refractivity contribution is 1.50.